The van der Waals surface area contributed by atoms with Gasteiger partial charge in [-0.15, -0.1) is 0 Å². The molecular formula is C10H12Cl2N2O2. The predicted octanol–water partition coefficient (Wildman–Crippen LogP) is 1.02. The highest BCUT2D eigenvalue weighted by Gasteiger charge is 2.22. The third-order valence-electron chi connectivity index (χ3n) is 2.43. The van der Waals surface area contributed by atoms with E-state index in [4.69, 9.17) is 27.9 Å². The second-order valence-corrected chi connectivity index (χ2v) is 4.44. The van der Waals surface area contributed by atoms with Crippen molar-refractivity contribution in [1.29, 1.82) is 0 Å². The van der Waals surface area contributed by atoms with E-state index in [1.54, 1.807) is 17.1 Å². The molecule has 0 aromatic heterocycles. The Morgan fingerprint density at radius 2 is 2.19 bits per heavy atom. The lowest BCUT2D eigenvalue weighted by molar-refractivity contribution is -0.130. The third kappa shape index (κ3) is 2.70. The van der Waals surface area contributed by atoms with E-state index in [-0.39, 0.29) is 5.91 Å². The van der Waals surface area contributed by atoms with Crippen molar-refractivity contribution < 1.29 is 9.53 Å². The van der Waals surface area contributed by atoms with Gasteiger partial charge in [-0.2, -0.15) is 0 Å². The van der Waals surface area contributed by atoms with Gasteiger partial charge in [-0.05, 0) is 12.2 Å². The fourth-order valence-corrected chi connectivity index (χ4v) is 2.18. The summed E-state index contributed by atoms with van der Waals surface area (Å²) >= 11 is 11.7. The number of ether oxygens (including phenoxy) is 1. The van der Waals surface area contributed by atoms with Crippen LogP contribution >= 0.6 is 23.2 Å². The minimum absolute atomic E-state index is 0.0476. The molecule has 16 heavy (non-hydrogen) atoms. The number of nitrogens with one attached hydrogen (secondary N) is 1. The van der Waals surface area contributed by atoms with E-state index in [1.807, 2.05) is 0 Å². The van der Waals surface area contributed by atoms with Crippen LogP contribution in [-0.2, 0) is 9.53 Å². The smallest absolute Gasteiger partial charge is 0.253 e. The first-order valence-corrected chi connectivity index (χ1v) is 5.85. The number of hydrogen-bond acceptors (Lipinski definition) is 3. The SMILES string of the molecule is O=C(C1=CC(Cl)NC(Cl)=C1)N1CCOCC1. The number of hydrogen-bond donors (Lipinski definition) is 1. The largest absolute Gasteiger partial charge is 0.378 e. The highest BCUT2D eigenvalue weighted by Crippen LogP contribution is 2.17. The van der Waals surface area contributed by atoms with Gasteiger partial charge in [0.25, 0.3) is 5.91 Å². The summed E-state index contributed by atoms with van der Waals surface area (Å²) in [6.45, 7) is 2.39. The maximum Gasteiger partial charge on any atom is 0.253 e. The Bertz CT molecular complexity index is 349. The van der Waals surface area contributed by atoms with Gasteiger partial charge < -0.3 is 15.0 Å². The lowest BCUT2D eigenvalue weighted by Gasteiger charge is -2.28. The highest BCUT2D eigenvalue weighted by atomic mass is 35.5. The zero-order chi connectivity index (χ0) is 11.5. The van der Waals surface area contributed by atoms with E-state index in [2.05, 4.69) is 5.32 Å². The van der Waals surface area contributed by atoms with Crippen molar-refractivity contribution in [2.45, 2.75) is 5.50 Å². The molecule has 1 fully saturated rings. The normalized spacial score (nSPS) is 25.6. The molecular weight excluding hydrogens is 251 g/mol. The minimum Gasteiger partial charge on any atom is -0.378 e. The molecule has 0 saturated carbocycles. The Morgan fingerprint density at radius 1 is 1.50 bits per heavy atom. The zero-order valence-corrected chi connectivity index (χ0v) is 10.1. The van der Waals surface area contributed by atoms with Gasteiger partial charge in [-0.3, -0.25) is 4.79 Å². The first kappa shape index (κ1) is 11.8. The fraction of sp³-hybridized carbons (Fsp3) is 0.500. The molecule has 2 aliphatic rings. The van der Waals surface area contributed by atoms with Crippen molar-refractivity contribution in [2.75, 3.05) is 26.3 Å². The van der Waals surface area contributed by atoms with Crippen LogP contribution in [0.15, 0.2) is 22.9 Å². The molecule has 1 amide bonds. The average molecular weight is 263 g/mol. The van der Waals surface area contributed by atoms with Gasteiger partial charge in [-0.1, -0.05) is 23.2 Å². The summed E-state index contributed by atoms with van der Waals surface area (Å²) in [6, 6.07) is 0. The van der Waals surface area contributed by atoms with Gasteiger partial charge >= 0.3 is 0 Å². The first-order valence-electron chi connectivity index (χ1n) is 5.03. The van der Waals surface area contributed by atoms with E-state index in [0.29, 0.717) is 37.0 Å². The van der Waals surface area contributed by atoms with E-state index in [1.165, 1.54) is 0 Å². The number of dihydropyridines is 1. The van der Waals surface area contributed by atoms with Crippen LogP contribution < -0.4 is 5.32 Å². The van der Waals surface area contributed by atoms with Crippen molar-refractivity contribution in [2.24, 2.45) is 0 Å². The number of nitrogens with zero attached hydrogens (tertiary/aromatic N) is 1. The number of morpholine rings is 1. The summed E-state index contributed by atoms with van der Waals surface area (Å²) < 4.78 is 5.19. The van der Waals surface area contributed by atoms with Gasteiger partial charge in [0.05, 0.1) is 13.2 Å². The topological polar surface area (TPSA) is 41.6 Å². The van der Waals surface area contributed by atoms with Crippen LogP contribution in [0.5, 0.6) is 0 Å². The zero-order valence-electron chi connectivity index (χ0n) is 8.58. The lowest BCUT2D eigenvalue weighted by atomic mass is 10.1. The second-order valence-electron chi connectivity index (χ2n) is 3.56. The van der Waals surface area contributed by atoms with Crippen LogP contribution in [-0.4, -0.2) is 42.6 Å². The predicted molar refractivity (Wildman–Crippen MR) is 62.2 cm³/mol. The number of rotatable bonds is 1. The molecule has 0 aliphatic carbocycles. The Kier molecular flexibility index (Phi) is 3.74. The van der Waals surface area contributed by atoms with E-state index in [0.717, 1.165) is 0 Å². The maximum absolute atomic E-state index is 12.1. The van der Waals surface area contributed by atoms with Gasteiger partial charge in [0, 0.05) is 18.7 Å². The quantitative estimate of drug-likeness (QED) is 0.567. The number of carbonyl (C=O) groups excluding carboxylic acids is 1. The van der Waals surface area contributed by atoms with Crippen LogP contribution in [0.2, 0.25) is 0 Å². The number of carbonyl (C=O) groups is 1. The van der Waals surface area contributed by atoms with Crippen LogP contribution in [0.3, 0.4) is 0 Å². The third-order valence-corrected chi connectivity index (χ3v) is 2.88. The van der Waals surface area contributed by atoms with Gasteiger partial charge in [0.15, 0.2) is 0 Å². The second kappa shape index (κ2) is 5.08. The molecule has 0 radical (unpaired) electrons. The van der Waals surface area contributed by atoms with Crippen molar-refractivity contribution in [3.63, 3.8) is 0 Å². The van der Waals surface area contributed by atoms with Gasteiger partial charge in [0.1, 0.15) is 10.7 Å². The molecule has 2 aliphatic heterocycles. The van der Waals surface area contributed by atoms with Crippen molar-refractivity contribution >= 4 is 29.1 Å². The molecule has 2 heterocycles. The number of alkyl halides is 1. The molecule has 1 unspecified atom stereocenters. The summed E-state index contributed by atoms with van der Waals surface area (Å²) in [5.74, 6) is -0.0476. The van der Waals surface area contributed by atoms with Crippen molar-refractivity contribution in [1.82, 2.24) is 10.2 Å². The van der Waals surface area contributed by atoms with E-state index in [9.17, 15) is 4.79 Å². The first-order chi connectivity index (χ1) is 7.66. The minimum atomic E-state index is -0.433. The van der Waals surface area contributed by atoms with Crippen molar-refractivity contribution in [3.05, 3.63) is 22.9 Å². The summed E-state index contributed by atoms with van der Waals surface area (Å²) in [7, 11) is 0. The van der Waals surface area contributed by atoms with Crippen LogP contribution in [0, 0.1) is 0 Å². The molecule has 0 bridgehead atoms. The molecule has 88 valence electrons. The monoisotopic (exact) mass is 262 g/mol. The Balaban J connectivity index is 2.08. The molecule has 0 aromatic rings. The molecule has 2 rings (SSSR count). The highest BCUT2D eigenvalue weighted by molar-refractivity contribution is 6.31. The summed E-state index contributed by atoms with van der Waals surface area (Å²) in [4.78, 5) is 13.8. The standard InChI is InChI=1S/C10H12Cl2N2O2/c11-8-5-7(6-9(12)13-8)10(15)14-1-3-16-4-2-14/h5-6,8,13H,1-4H2. The van der Waals surface area contributed by atoms with E-state index >= 15 is 0 Å². The van der Waals surface area contributed by atoms with Crippen LogP contribution in [0.25, 0.3) is 0 Å². The Morgan fingerprint density at radius 3 is 2.81 bits per heavy atom. The number of halogens is 2. The summed E-state index contributed by atoms with van der Waals surface area (Å²) in [6.07, 6.45) is 3.25. The lowest BCUT2D eigenvalue weighted by Crippen LogP contribution is -2.42. The molecule has 1 saturated heterocycles. The van der Waals surface area contributed by atoms with Crippen molar-refractivity contribution in [3.8, 4) is 0 Å². The van der Waals surface area contributed by atoms with Gasteiger partial charge in [-0.25, -0.2) is 0 Å². The summed E-state index contributed by atoms with van der Waals surface area (Å²) in [5.41, 5.74) is 0.100. The fourth-order valence-electron chi connectivity index (χ4n) is 1.64. The van der Waals surface area contributed by atoms with Crippen LogP contribution in [0.4, 0.5) is 0 Å². The molecule has 6 heteroatoms. The average Bonchev–Trinajstić information content (AvgIpc) is 2.28. The Hall–Kier alpha value is -0.710. The molecule has 0 aromatic carbocycles. The molecule has 1 atom stereocenters. The summed E-state index contributed by atoms with van der Waals surface area (Å²) in [5, 5.41) is 3.18. The molecule has 4 nitrogen and oxygen atoms in total. The van der Waals surface area contributed by atoms with Gasteiger partial charge in [0.2, 0.25) is 0 Å². The van der Waals surface area contributed by atoms with E-state index < -0.39 is 5.50 Å². The Labute approximate surface area is 104 Å². The van der Waals surface area contributed by atoms with Crippen LogP contribution in [0.1, 0.15) is 0 Å². The molecule has 0 spiro atoms. The number of amides is 1. The maximum atomic E-state index is 12.1. The molecule has 1 N–H and O–H groups in total.